The van der Waals surface area contributed by atoms with Gasteiger partial charge in [-0.3, -0.25) is 13.9 Å². The van der Waals surface area contributed by atoms with Crippen LogP contribution in [0.15, 0.2) is 42.5 Å². The van der Waals surface area contributed by atoms with E-state index in [1.54, 1.807) is 32.0 Å². The van der Waals surface area contributed by atoms with Crippen LogP contribution in [-0.4, -0.2) is 50.0 Å². The van der Waals surface area contributed by atoms with Gasteiger partial charge in [0.05, 0.1) is 11.9 Å². The van der Waals surface area contributed by atoms with E-state index in [-0.39, 0.29) is 18.5 Å². The molecule has 3 rings (SSSR count). The molecule has 0 aromatic heterocycles. The normalized spacial score (nSPS) is 15.0. The zero-order valence-corrected chi connectivity index (χ0v) is 22.3. The molecule has 9 heteroatoms. The molecule has 0 aliphatic heterocycles. The molecule has 0 unspecified atom stereocenters. The summed E-state index contributed by atoms with van der Waals surface area (Å²) in [4.78, 5) is 28.2. The van der Waals surface area contributed by atoms with Gasteiger partial charge in [-0.1, -0.05) is 60.3 Å². The molecule has 0 saturated heterocycles. The first-order valence-electron chi connectivity index (χ1n) is 11.9. The van der Waals surface area contributed by atoms with E-state index in [0.29, 0.717) is 16.3 Å². The molecule has 35 heavy (non-hydrogen) atoms. The first-order chi connectivity index (χ1) is 16.5. The van der Waals surface area contributed by atoms with Crippen LogP contribution in [-0.2, 0) is 26.2 Å². The van der Waals surface area contributed by atoms with Crippen molar-refractivity contribution in [1.29, 1.82) is 0 Å². The SMILES string of the molecule is Cc1ccc(CN(C(=O)CN(c2cccc(Cl)c2C)S(C)(=O)=O)[C@@H](C)C(=O)NC2CCCC2)cc1. The highest BCUT2D eigenvalue weighted by molar-refractivity contribution is 7.92. The molecular weight excluding hydrogens is 486 g/mol. The zero-order chi connectivity index (χ0) is 25.8. The Balaban J connectivity index is 1.90. The molecule has 1 fully saturated rings. The molecule has 7 nitrogen and oxygen atoms in total. The predicted molar refractivity (Wildman–Crippen MR) is 140 cm³/mol. The Morgan fingerprint density at radius 1 is 1.09 bits per heavy atom. The minimum Gasteiger partial charge on any atom is -0.352 e. The maximum absolute atomic E-state index is 13.6. The Kier molecular flexibility index (Phi) is 8.83. The van der Waals surface area contributed by atoms with Gasteiger partial charge in [0.15, 0.2) is 0 Å². The van der Waals surface area contributed by atoms with Crippen LogP contribution >= 0.6 is 11.6 Å². The number of sulfonamides is 1. The third kappa shape index (κ3) is 6.98. The number of carbonyl (C=O) groups excluding carboxylic acids is 2. The smallest absolute Gasteiger partial charge is 0.244 e. The molecule has 1 saturated carbocycles. The number of anilines is 1. The number of halogens is 1. The molecule has 1 aliphatic rings. The summed E-state index contributed by atoms with van der Waals surface area (Å²) in [6, 6.07) is 12.0. The Bertz CT molecular complexity index is 1160. The van der Waals surface area contributed by atoms with Crippen molar-refractivity contribution in [2.45, 2.75) is 65.1 Å². The summed E-state index contributed by atoms with van der Waals surface area (Å²) in [5.74, 6) is -0.702. The highest BCUT2D eigenvalue weighted by atomic mass is 35.5. The van der Waals surface area contributed by atoms with E-state index in [1.165, 1.54) is 4.90 Å². The summed E-state index contributed by atoms with van der Waals surface area (Å²) < 4.78 is 26.5. The number of nitrogens with one attached hydrogen (secondary N) is 1. The van der Waals surface area contributed by atoms with Gasteiger partial charge in [0, 0.05) is 17.6 Å². The number of carbonyl (C=O) groups is 2. The second kappa shape index (κ2) is 11.4. The van der Waals surface area contributed by atoms with Crippen LogP contribution in [0.2, 0.25) is 5.02 Å². The Labute approximate surface area is 213 Å². The number of hydrogen-bond donors (Lipinski definition) is 1. The summed E-state index contributed by atoms with van der Waals surface area (Å²) in [5.41, 5.74) is 2.84. The lowest BCUT2D eigenvalue weighted by Crippen LogP contribution is -2.52. The van der Waals surface area contributed by atoms with Crippen molar-refractivity contribution in [3.05, 3.63) is 64.2 Å². The zero-order valence-electron chi connectivity index (χ0n) is 20.8. The fraction of sp³-hybridized carbons (Fsp3) is 0.462. The molecule has 0 bridgehead atoms. The number of benzene rings is 2. The standard InChI is InChI=1S/C26H34ClN3O4S/c1-18-12-14-21(15-13-18)16-29(20(3)26(32)28-22-8-5-6-9-22)25(31)17-30(35(4,33)34)24-11-7-10-23(27)19(24)2/h7,10-15,20,22H,5-6,8-9,16-17H2,1-4H3,(H,28,32)/t20-/m0/s1. The second-order valence-corrected chi connectivity index (χ2v) is 11.6. The van der Waals surface area contributed by atoms with Crippen molar-refractivity contribution in [2.75, 3.05) is 17.1 Å². The van der Waals surface area contributed by atoms with Gasteiger partial charge in [-0.2, -0.15) is 0 Å². The molecule has 2 aromatic rings. The second-order valence-electron chi connectivity index (χ2n) is 9.33. The van der Waals surface area contributed by atoms with E-state index in [4.69, 9.17) is 11.6 Å². The quantitative estimate of drug-likeness (QED) is 0.538. The third-order valence-electron chi connectivity index (χ3n) is 6.53. The highest BCUT2D eigenvalue weighted by Gasteiger charge is 2.31. The van der Waals surface area contributed by atoms with Crippen molar-refractivity contribution in [1.82, 2.24) is 10.2 Å². The van der Waals surface area contributed by atoms with E-state index in [1.807, 2.05) is 31.2 Å². The van der Waals surface area contributed by atoms with Gasteiger partial charge in [-0.25, -0.2) is 8.42 Å². The lowest BCUT2D eigenvalue weighted by molar-refractivity contribution is -0.139. The molecule has 1 atom stereocenters. The first kappa shape index (κ1) is 27.0. The van der Waals surface area contributed by atoms with Crippen LogP contribution in [0.25, 0.3) is 0 Å². The summed E-state index contributed by atoms with van der Waals surface area (Å²) in [6.07, 6.45) is 5.07. The van der Waals surface area contributed by atoms with Crippen molar-refractivity contribution in [3.8, 4) is 0 Å². The van der Waals surface area contributed by atoms with Gasteiger partial charge >= 0.3 is 0 Å². The monoisotopic (exact) mass is 519 g/mol. The fourth-order valence-electron chi connectivity index (χ4n) is 4.33. The van der Waals surface area contributed by atoms with Gasteiger partial charge in [0.2, 0.25) is 21.8 Å². The summed E-state index contributed by atoms with van der Waals surface area (Å²) in [5, 5.41) is 3.47. The topological polar surface area (TPSA) is 86.8 Å². The molecule has 0 heterocycles. The Morgan fingerprint density at radius 3 is 2.31 bits per heavy atom. The fourth-order valence-corrected chi connectivity index (χ4v) is 5.40. The van der Waals surface area contributed by atoms with Crippen LogP contribution in [0.5, 0.6) is 0 Å². The average Bonchev–Trinajstić information content (AvgIpc) is 3.31. The molecule has 190 valence electrons. The minimum absolute atomic E-state index is 0.114. The summed E-state index contributed by atoms with van der Waals surface area (Å²) in [6.45, 7) is 5.12. The number of amides is 2. The largest absolute Gasteiger partial charge is 0.352 e. The van der Waals surface area contributed by atoms with E-state index in [0.717, 1.165) is 47.4 Å². The number of aryl methyl sites for hydroxylation is 1. The lowest BCUT2D eigenvalue weighted by atomic mass is 10.1. The van der Waals surface area contributed by atoms with Gasteiger partial charge < -0.3 is 10.2 Å². The van der Waals surface area contributed by atoms with Gasteiger partial charge in [-0.15, -0.1) is 0 Å². The van der Waals surface area contributed by atoms with E-state index in [9.17, 15) is 18.0 Å². The van der Waals surface area contributed by atoms with Gasteiger partial charge in [-0.05, 0) is 56.9 Å². The average molecular weight is 520 g/mol. The molecule has 1 N–H and O–H groups in total. The maximum Gasteiger partial charge on any atom is 0.244 e. The van der Waals surface area contributed by atoms with Crippen molar-refractivity contribution in [3.63, 3.8) is 0 Å². The maximum atomic E-state index is 13.6. The number of hydrogen-bond acceptors (Lipinski definition) is 4. The molecular formula is C26H34ClN3O4S. The number of rotatable bonds is 9. The van der Waals surface area contributed by atoms with Crippen LogP contribution in [0.3, 0.4) is 0 Å². The lowest BCUT2D eigenvalue weighted by Gasteiger charge is -2.32. The Hall–Kier alpha value is -2.58. The highest BCUT2D eigenvalue weighted by Crippen LogP contribution is 2.28. The van der Waals surface area contributed by atoms with Crippen molar-refractivity contribution in [2.24, 2.45) is 0 Å². The predicted octanol–water partition coefficient (Wildman–Crippen LogP) is 4.20. The molecule has 0 spiro atoms. The molecule has 2 aromatic carbocycles. The Morgan fingerprint density at radius 2 is 1.71 bits per heavy atom. The van der Waals surface area contributed by atoms with E-state index in [2.05, 4.69) is 5.32 Å². The summed E-state index contributed by atoms with van der Waals surface area (Å²) >= 11 is 6.23. The summed E-state index contributed by atoms with van der Waals surface area (Å²) in [7, 11) is -3.80. The van der Waals surface area contributed by atoms with Crippen molar-refractivity contribution >= 4 is 39.1 Å². The molecule has 2 amide bonds. The van der Waals surface area contributed by atoms with Crippen LogP contribution in [0, 0.1) is 13.8 Å². The van der Waals surface area contributed by atoms with E-state index < -0.39 is 28.5 Å². The van der Waals surface area contributed by atoms with E-state index >= 15 is 0 Å². The van der Waals surface area contributed by atoms with Crippen LogP contribution < -0.4 is 9.62 Å². The molecule has 1 aliphatic carbocycles. The number of nitrogens with zero attached hydrogens (tertiary/aromatic N) is 2. The third-order valence-corrected chi connectivity index (χ3v) is 8.07. The molecule has 0 radical (unpaired) electrons. The van der Waals surface area contributed by atoms with Crippen molar-refractivity contribution < 1.29 is 18.0 Å². The first-order valence-corrected chi connectivity index (χ1v) is 14.1. The van der Waals surface area contributed by atoms with Gasteiger partial charge in [0.1, 0.15) is 12.6 Å². The van der Waals surface area contributed by atoms with Crippen LogP contribution in [0.4, 0.5) is 5.69 Å². The van der Waals surface area contributed by atoms with Gasteiger partial charge in [0.25, 0.3) is 0 Å². The van der Waals surface area contributed by atoms with Crippen LogP contribution in [0.1, 0.15) is 49.3 Å². The minimum atomic E-state index is -3.80.